The summed E-state index contributed by atoms with van der Waals surface area (Å²) in [6.45, 7) is 2.21. The molecule has 0 atom stereocenters. The van der Waals surface area contributed by atoms with E-state index in [0.29, 0.717) is 32.0 Å². The van der Waals surface area contributed by atoms with E-state index in [0.717, 1.165) is 4.70 Å². The minimum Gasteiger partial charge on any atom is -0.495 e. The van der Waals surface area contributed by atoms with E-state index in [9.17, 15) is 9.59 Å². The Balaban J connectivity index is 1.92. The van der Waals surface area contributed by atoms with Gasteiger partial charge in [0.25, 0.3) is 0 Å². The molecule has 2 aromatic carbocycles. The Morgan fingerprint density at radius 1 is 1.13 bits per heavy atom. The fraction of sp³-hybridized carbons (Fsp3) is 0.286. The molecule has 9 heteroatoms. The number of carbonyl (C=O) groups is 2. The zero-order chi connectivity index (χ0) is 21.7. The number of benzene rings is 2. The molecular weight excluding hydrogens is 447 g/mol. The van der Waals surface area contributed by atoms with Crippen molar-refractivity contribution in [1.82, 2.24) is 4.98 Å². The van der Waals surface area contributed by atoms with Crippen LogP contribution in [0.4, 0.5) is 5.69 Å². The normalized spacial score (nSPS) is 10.8. The average molecular weight is 467 g/mol. The number of fused-ring (bicyclic) bond motifs is 1. The van der Waals surface area contributed by atoms with Crippen molar-refractivity contribution in [3.05, 3.63) is 51.5 Å². The monoisotopic (exact) mass is 466 g/mol. The summed E-state index contributed by atoms with van der Waals surface area (Å²) < 4.78 is 11.2. The Labute approximate surface area is 188 Å². The number of nitrogens with zero attached hydrogens (tertiary/aromatic N) is 2. The maximum atomic E-state index is 13.1. The fourth-order valence-electron chi connectivity index (χ4n) is 2.92. The third-order valence-corrected chi connectivity index (χ3v) is 6.11. The lowest BCUT2D eigenvalue weighted by molar-refractivity contribution is -0.144. The summed E-state index contributed by atoms with van der Waals surface area (Å²) in [6, 6.07) is 10.8. The van der Waals surface area contributed by atoms with Crippen molar-refractivity contribution in [3.63, 3.8) is 0 Å². The molecule has 0 aliphatic rings. The van der Waals surface area contributed by atoms with Crippen LogP contribution in [0, 0.1) is 0 Å². The molecule has 0 saturated carbocycles. The Morgan fingerprint density at radius 3 is 2.63 bits per heavy atom. The maximum absolute atomic E-state index is 13.1. The Morgan fingerprint density at radius 2 is 1.90 bits per heavy atom. The number of amides is 1. The van der Waals surface area contributed by atoms with E-state index >= 15 is 0 Å². The summed E-state index contributed by atoms with van der Waals surface area (Å²) in [6.07, 6.45) is 0.00790. The molecule has 3 aromatic rings. The number of esters is 1. The number of anilines is 1. The average Bonchev–Trinajstić information content (AvgIpc) is 3.17. The Kier molecular flexibility index (Phi) is 7.53. The van der Waals surface area contributed by atoms with Crippen molar-refractivity contribution in [3.8, 4) is 5.75 Å². The second-order valence-electron chi connectivity index (χ2n) is 6.27. The molecule has 0 N–H and O–H groups in total. The third kappa shape index (κ3) is 5.03. The molecule has 0 unspecified atom stereocenters. The molecule has 0 bridgehead atoms. The number of halogens is 2. The summed E-state index contributed by atoms with van der Waals surface area (Å²) >= 11 is 13.8. The van der Waals surface area contributed by atoms with E-state index in [4.69, 9.17) is 32.7 Å². The number of hydrogen-bond acceptors (Lipinski definition) is 6. The first kappa shape index (κ1) is 22.3. The van der Waals surface area contributed by atoms with E-state index in [1.807, 2.05) is 18.2 Å². The summed E-state index contributed by atoms with van der Waals surface area (Å²) in [5.41, 5.74) is 1.19. The molecule has 30 heavy (non-hydrogen) atoms. The second kappa shape index (κ2) is 10.1. The van der Waals surface area contributed by atoms with Crippen LogP contribution in [-0.4, -0.2) is 30.6 Å². The summed E-state index contributed by atoms with van der Waals surface area (Å²) in [5, 5.41) is 1.49. The van der Waals surface area contributed by atoms with Gasteiger partial charge in [0.1, 0.15) is 16.3 Å². The van der Waals surface area contributed by atoms with Crippen LogP contribution < -0.4 is 9.64 Å². The highest BCUT2D eigenvalue weighted by Crippen LogP contribution is 2.35. The van der Waals surface area contributed by atoms with Crippen LogP contribution >= 0.6 is 34.5 Å². The van der Waals surface area contributed by atoms with E-state index in [2.05, 4.69) is 4.98 Å². The van der Waals surface area contributed by atoms with Crippen molar-refractivity contribution in [2.24, 2.45) is 0 Å². The van der Waals surface area contributed by atoms with Gasteiger partial charge in [-0.05, 0) is 31.2 Å². The van der Waals surface area contributed by atoms with Gasteiger partial charge >= 0.3 is 5.97 Å². The second-order valence-corrected chi connectivity index (χ2v) is 8.17. The standard InChI is InChI=1S/C21H20Cl2N2O4S/c1-3-29-19(27)11-10-18(26)25(14-6-4-5-7-15(14)28-2)12-17-24-21-16(30-17)9-8-13(22)20(21)23/h4-9H,3,10-12H2,1-2H3. The van der Waals surface area contributed by atoms with Crippen LogP contribution in [0.25, 0.3) is 10.2 Å². The molecule has 0 spiro atoms. The van der Waals surface area contributed by atoms with Crippen LogP contribution in [-0.2, 0) is 20.9 Å². The molecule has 0 saturated heterocycles. The first-order valence-corrected chi connectivity index (χ1v) is 10.8. The molecule has 1 aromatic heterocycles. The highest BCUT2D eigenvalue weighted by molar-refractivity contribution is 7.18. The lowest BCUT2D eigenvalue weighted by Gasteiger charge is -2.23. The highest BCUT2D eigenvalue weighted by atomic mass is 35.5. The lowest BCUT2D eigenvalue weighted by Crippen LogP contribution is -2.31. The van der Waals surface area contributed by atoms with Gasteiger partial charge < -0.3 is 14.4 Å². The van der Waals surface area contributed by atoms with Crippen LogP contribution in [0.15, 0.2) is 36.4 Å². The fourth-order valence-corrected chi connectivity index (χ4v) is 4.30. The van der Waals surface area contributed by atoms with Gasteiger partial charge in [-0.15, -0.1) is 11.3 Å². The number of carbonyl (C=O) groups excluding carboxylic acids is 2. The molecule has 1 heterocycles. The summed E-state index contributed by atoms with van der Waals surface area (Å²) in [4.78, 5) is 30.9. The van der Waals surface area contributed by atoms with Crippen molar-refractivity contribution < 1.29 is 19.1 Å². The smallest absolute Gasteiger partial charge is 0.306 e. The summed E-state index contributed by atoms with van der Waals surface area (Å²) in [7, 11) is 1.54. The maximum Gasteiger partial charge on any atom is 0.306 e. The first-order valence-electron chi connectivity index (χ1n) is 9.27. The molecule has 0 radical (unpaired) electrons. The molecular formula is C21H20Cl2N2O4S. The van der Waals surface area contributed by atoms with Gasteiger partial charge in [-0.2, -0.15) is 0 Å². The SMILES string of the molecule is CCOC(=O)CCC(=O)N(Cc1nc2c(Cl)c(Cl)ccc2s1)c1ccccc1OC. The van der Waals surface area contributed by atoms with Crippen LogP contribution in [0.2, 0.25) is 10.0 Å². The first-order chi connectivity index (χ1) is 14.4. The minimum atomic E-state index is -0.410. The van der Waals surface area contributed by atoms with Gasteiger partial charge in [0.05, 0.1) is 47.1 Å². The van der Waals surface area contributed by atoms with Crippen molar-refractivity contribution in [2.75, 3.05) is 18.6 Å². The van der Waals surface area contributed by atoms with Gasteiger partial charge in [-0.3, -0.25) is 9.59 Å². The number of thiazole rings is 1. The molecule has 0 aliphatic heterocycles. The van der Waals surface area contributed by atoms with E-state index in [1.165, 1.54) is 11.3 Å². The van der Waals surface area contributed by atoms with E-state index < -0.39 is 5.97 Å². The molecule has 6 nitrogen and oxygen atoms in total. The van der Waals surface area contributed by atoms with Crippen molar-refractivity contribution in [1.29, 1.82) is 0 Å². The van der Waals surface area contributed by atoms with E-state index in [1.54, 1.807) is 37.1 Å². The van der Waals surface area contributed by atoms with Gasteiger partial charge in [0, 0.05) is 6.42 Å². The zero-order valence-electron chi connectivity index (χ0n) is 16.5. The number of para-hydroxylation sites is 2. The number of hydrogen-bond donors (Lipinski definition) is 0. The highest BCUT2D eigenvalue weighted by Gasteiger charge is 2.22. The number of methoxy groups -OCH3 is 1. The van der Waals surface area contributed by atoms with Gasteiger partial charge in [-0.1, -0.05) is 35.3 Å². The molecule has 158 valence electrons. The molecule has 0 fully saturated rings. The predicted octanol–water partition coefficient (Wildman–Crippen LogP) is 5.49. The molecule has 0 aliphatic carbocycles. The Hall–Kier alpha value is -2.35. The predicted molar refractivity (Wildman–Crippen MR) is 120 cm³/mol. The summed E-state index contributed by atoms with van der Waals surface area (Å²) in [5.74, 6) is -0.104. The van der Waals surface area contributed by atoms with Crippen molar-refractivity contribution in [2.45, 2.75) is 26.3 Å². The lowest BCUT2D eigenvalue weighted by atomic mass is 10.2. The van der Waals surface area contributed by atoms with E-state index in [-0.39, 0.29) is 31.9 Å². The van der Waals surface area contributed by atoms with Gasteiger partial charge in [-0.25, -0.2) is 4.98 Å². The Bertz CT molecular complexity index is 1070. The minimum absolute atomic E-state index is 0.000394. The quantitative estimate of drug-likeness (QED) is 0.410. The van der Waals surface area contributed by atoms with Crippen LogP contribution in [0.5, 0.6) is 5.75 Å². The van der Waals surface area contributed by atoms with Gasteiger partial charge in [0.2, 0.25) is 5.91 Å². The van der Waals surface area contributed by atoms with Gasteiger partial charge in [0.15, 0.2) is 0 Å². The topological polar surface area (TPSA) is 68.7 Å². The number of aromatic nitrogens is 1. The van der Waals surface area contributed by atoms with Crippen LogP contribution in [0.1, 0.15) is 24.8 Å². The number of rotatable bonds is 8. The number of ether oxygens (including phenoxy) is 2. The molecule has 3 rings (SSSR count). The van der Waals surface area contributed by atoms with Crippen molar-refractivity contribution >= 4 is 62.3 Å². The van der Waals surface area contributed by atoms with Crippen LogP contribution in [0.3, 0.4) is 0 Å². The molecule has 1 amide bonds. The largest absolute Gasteiger partial charge is 0.495 e. The third-order valence-electron chi connectivity index (χ3n) is 4.31. The zero-order valence-corrected chi connectivity index (χ0v) is 18.8.